The molecule has 0 spiro atoms. The third-order valence-corrected chi connectivity index (χ3v) is 5.48. The molecule has 3 N–H and O–H groups in total. The van der Waals surface area contributed by atoms with Crippen LogP contribution in [0.15, 0.2) is 24.3 Å². The van der Waals surface area contributed by atoms with Crippen molar-refractivity contribution in [3.05, 3.63) is 35.4 Å². The number of nitrogens with one attached hydrogen (secondary N) is 1. The Morgan fingerprint density at radius 3 is 2.35 bits per heavy atom. The highest BCUT2D eigenvalue weighted by Crippen LogP contribution is 2.50. The smallest absolute Gasteiger partial charge is 0.327 e. The Hall–Kier alpha value is -2.25. The number of likely N-dealkylation sites (tertiary alicyclic amines) is 1. The zero-order valence-electron chi connectivity index (χ0n) is 15.3. The number of fused-ring (bicyclic) bond motifs is 1. The van der Waals surface area contributed by atoms with Gasteiger partial charge in [-0.3, -0.25) is 24.6 Å². The van der Waals surface area contributed by atoms with Gasteiger partial charge in [-0.1, -0.05) is 24.3 Å². The molecule has 0 saturated carbocycles. The number of aliphatic hydroxyl groups excluding tert-OH is 1. The van der Waals surface area contributed by atoms with Gasteiger partial charge in [0.2, 0.25) is 11.8 Å². The first-order valence-electron chi connectivity index (χ1n) is 8.61. The molecule has 1 aromatic rings. The van der Waals surface area contributed by atoms with Gasteiger partial charge in [0.25, 0.3) is 0 Å². The molecule has 0 bridgehead atoms. The second-order valence-corrected chi connectivity index (χ2v) is 8.10. The van der Waals surface area contributed by atoms with Crippen LogP contribution in [0.5, 0.6) is 0 Å². The summed E-state index contributed by atoms with van der Waals surface area (Å²) in [6, 6.07) is 6.69. The summed E-state index contributed by atoms with van der Waals surface area (Å²) in [7, 11) is 0. The number of carboxylic acids is 1. The molecule has 4 atom stereocenters. The van der Waals surface area contributed by atoms with Gasteiger partial charge in [0, 0.05) is 11.6 Å². The summed E-state index contributed by atoms with van der Waals surface area (Å²) >= 11 is 0. The third-order valence-electron chi connectivity index (χ3n) is 5.48. The molecule has 140 valence electrons. The molecule has 7 nitrogen and oxygen atoms in total. The highest BCUT2D eigenvalue weighted by molar-refractivity contribution is 6.10. The number of amides is 2. The summed E-state index contributed by atoms with van der Waals surface area (Å²) in [5.74, 6) is -4.30. The van der Waals surface area contributed by atoms with Crippen LogP contribution in [0.25, 0.3) is 0 Å². The zero-order chi connectivity index (χ0) is 19.4. The van der Waals surface area contributed by atoms with Crippen LogP contribution in [0, 0.1) is 18.8 Å². The minimum atomic E-state index is -1.88. The van der Waals surface area contributed by atoms with Gasteiger partial charge in [0.15, 0.2) is 5.54 Å². The number of hydrogen-bond donors (Lipinski definition) is 3. The van der Waals surface area contributed by atoms with E-state index in [4.69, 9.17) is 0 Å². The molecule has 0 aromatic heterocycles. The summed E-state index contributed by atoms with van der Waals surface area (Å²) in [5, 5.41) is 22.7. The Bertz CT molecular complexity index is 784. The minimum absolute atomic E-state index is 0.398. The molecule has 1 aromatic carbocycles. The van der Waals surface area contributed by atoms with Crippen LogP contribution in [0.3, 0.4) is 0 Å². The van der Waals surface area contributed by atoms with Crippen LogP contribution >= 0.6 is 0 Å². The predicted molar refractivity (Wildman–Crippen MR) is 93.1 cm³/mol. The van der Waals surface area contributed by atoms with Crippen LogP contribution in [0.1, 0.15) is 37.9 Å². The Morgan fingerprint density at radius 1 is 1.23 bits per heavy atom. The molecule has 2 aliphatic heterocycles. The summed E-state index contributed by atoms with van der Waals surface area (Å²) in [6.45, 7) is 6.31. The van der Waals surface area contributed by atoms with Crippen molar-refractivity contribution in [1.29, 1.82) is 0 Å². The quantitative estimate of drug-likeness (QED) is 0.690. The Balaban J connectivity index is 2.19. The number of carbonyl (C=O) groups is 3. The van der Waals surface area contributed by atoms with E-state index in [1.807, 2.05) is 31.2 Å². The second-order valence-electron chi connectivity index (χ2n) is 8.10. The molecule has 0 aliphatic carbocycles. The number of rotatable bonds is 3. The number of aryl methyl sites for hydroxylation is 1. The standard InChI is InChI=1S/C19H24N2O5/c1-10-7-5-6-8-11(10)14-12-13(19(9-22,20-14)17(25)26)16(24)21(15(12)23)18(2,3)4/h5-8,12-14,20,22H,9H2,1-4H3,(H,25,26). The average molecular weight is 360 g/mol. The lowest BCUT2D eigenvalue weighted by atomic mass is 9.79. The minimum Gasteiger partial charge on any atom is -0.480 e. The summed E-state index contributed by atoms with van der Waals surface area (Å²) < 4.78 is 0. The average Bonchev–Trinajstić information content (AvgIpc) is 3.02. The van der Waals surface area contributed by atoms with Crippen molar-refractivity contribution >= 4 is 17.8 Å². The number of benzene rings is 1. The van der Waals surface area contributed by atoms with Crippen LogP contribution in [0.2, 0.25) is 0 Å². The fourth-order valence-electron chi connectivity index (χ4n) is 4.28. The highest BCUT2D eigenvalue weighted by atomic mass is 16.4. The van der Waals surface area contributed by atoms with Crippen molar-refractivity contribution in [3.63, 3.8) is 0 Å². The van der Waals surface area contributed by atoms with Crippen LogP contribution in [-0.4, -0.2) is 50.6 Å². The van der Waals surface area contributed by atoms with Crippen molar-refractivity contribution in [2.75, 3.05) is 6.61 Å². The van der Waals surface area contributed by atoms with Crippen molar-refractivity contribution < 1.29 is 24.6 Å². The SMILES string of the molecule is Cc1ccccc1C1NC(CO)(C(=O)O)C2C(=O)N(C(C)(C)C)C(=O)C12. The second kappa shape index (κ2) is 5.89. The highest BCUT2D eigenvalue weighted by Gasteiger charge is 2.69. The monoisotopic (exact) mass is 360 g/mol. The fraction of sp³-hybridized carbons (Fsp3) is 0.526. The number of aliphatic carboxylic acids is 1. The molecule has 2 saturated heterocycles. The van der Waals surface area contributed by atoms with E-state index in [0.29, 0.717) is 0 Å². The van der Waals surface area contributed by atoms with E-state index < -0.39 is 53.3 Å². The molecule has 2 amide bonds. The number of carboxylic acid groups (broad SMARTS) is 1. The van der Waals surface area contributed by atoms with Crippen molar-refractivity contribution in [2.45, 2.75) is 44.8 Å². The van der Waals surface area contributed by atoms with Gasteiger partial charge in [-0.05, 0) is 38.8 Å². The fourth-order valence-corrected chi connectivity index (χ4v) is 4.28. The molecular weight excluding hydrogens is 336 g/mol. The van der Waals surface area contributed by atoms with E-state index in [-0.39, 0.29) is 0 Å². The summed E-state index contributed by atoms with van der Waals surface area (Å²) in [5.41, 5.74) is -1.01. The van der Waals surface area contributed by atoms with E-state index in [0.717, 1.165) is 16.0 Å². The van der Waals surface area contributed by atoms with Gasteiger partial charge >= 0.3 is 5.97 Å². The van der Waals surface area contributed by atoms with E-state index in [2.05, 4.69) is 5.32 Å². The lowest BCUT2D eigenvalue weighted by Crippen LogP contribution is -2.59. The molecular formula is C19H24N2O5. The van der Waals surface area contributed by atoms with Gasteiger partial charge in [0.05, 0.1) is 18.4 Å². The lowest BCUT2D eigenvalue weighted by molar-refractivity contribution is -0.155. The molecule has 2 fully saturated rings. The van der Waals surface area contributed by atoms with Crippen LogP contribution in [-0.2, 0) is 14.4 Å². The third kappa shape index (κ3) is 2.38. The van der Waals surface area contributed by atoms with Crippen molar-refractivity contribution in [1.82, 2.24) is 10.2 Å². The van der Waals surface area contributed by atoms with Gasteiger partial charge in [0.1, 0.15) is 0 Å². The predicted octanol–water partition coefficient (Wildman–Crippen LogP) is 0.855. The molecule has 2 aliphatic rings. The number of hydrogen-bond acceptors (Lipinski definition) is 5. The lowest BCUT2D eigenvalue weighted by Gasteiger charge is -2.34. The van der Waals surface area contributed by atoms with Crippen molar-refractivity contribution in [3.8, 4) is 0 Å². The largest absolute Gasteiger partial charge is 0.480 e. The number of nitrogens with zero attached hydrogens (tertiary/aromatic N) is 1. The number of carbonyl (C=O) groups excluding carboxylic acids is 2. The first-order valence-corrected chi connectivity index (χ1v) is 8.61. The van der Waals surface area contributed by atoms with E-state index in [1.54, 1.807) is 20.8 Å². The van der Waals surface area contributed by atoms with E-state index in [9.17, 15) is 24.6 Å². The van der Waals surface area contributed by atoms with Gasteiger partial charge < -0.3 is 10.2 Å². The first-order chi connectivity index (χ1) is 12.1. The zero-order valence-corrected chi connectivity index (χ0v) is 15.3. The normalized spacial score (nSPS) is 31.4. The molecule has 2 heterocycles. The van der Waals surface area contributed by atoms with E-state index in [1.165, 1.54) is 0 Å². The van der Waals surface area contributed by atoms with Gasteiger partial charge in [-0.15, -0.1) is 0 Å². The molecule has 3 rings (SSSR count). The topological polar surface area (TPSA) is 107 Å². The molecule has 7 heteroatoms. The van der Waals surface area contributed by atoms with Crippen molar-refractivity contribution in [2.24, 2.45) is 11.8 Å². The molecule has 26 heavy (non-hydrogen) atoms. The van der Waals surface area contributed by atoms with Gasteiger partial charge in [-0.2, -0.15) is 0 Å². The maximum absolute atomic E-state index is 13.2. The number of imide groups is 1. The van der Waals surface area contributed by atoms with Crippen LogP contribution < -0.4 is 5.32 Å². The van der Waals surface area contributed by atoms with Crippen LogP contribution in [0.4, 0.5) is 0 Å². The van der Waals surface area contributed by atoms with Gasteiger partial charge in [-0.25, -0.2) is 0 Å². The maximum atomic E-state index is 13.2. The Labute approximate surface area is 152 Å². The summed E-state index contributed by atoms with van der Waals surface area (Å²) in [6.07, 6.45) is 0. The van der Waals surface area contributed by atoms with E-state index >= 15 is 0 Å². The molecule has 0 radical (unpaired) electrons. The summed E-state index contributed by atoms with van der Waals surface area (Å²) in [4.78, 5) is 39.4. The maximum Gasteiger partial charge on any atom is 0.327 e. The Morgan fingerprint density at radius 2 is 1.85 bits per heavy atom. The molecule has 4 unspecified atom stereocenters. The number of aliphatic hydroxyl groups is 1. The Kier molecular flexibility index (Phi) is 4.20. The first kappa shape index (κ1) is 18.5.